The number of hydrogen-bond donors (Lipinski definition) is 4. The molecule has 6 atom stereocenters. The molecule has 0 aliphatic rings. The van der Waals surface area contributed by atoms with Gasteiger partial charge in [-0.25, -0.2) is 0 Å². The number of rotatable bonds is 52. The third kappa shape index (κ3) is 59.9. The Labute approximate surface area is 684 Å². The van der Waals surface area contributed by atoms with E-state index in [9.17, 15) is 29.4 Å². The zero-order valence-corrected chi connectivity index (χ0v) is 88.7. The number of carboxylic acid groups (broad SMARTS) is 2. The summed E-state index contributed by atoms with van der Waals surface area (Å²) in [6.45, 7) is 61.6. The smallest absolute Gasteiger partial charge is 0.315 e. The van der Waals surface area contributed by atoms with Crippen LogP contribution in [0.5, 0.6) is 0 Å². The number of hydrogen-bond acceptors (Lipinski definition) is 14. The molecule has 0 spiro atoms. The zero-order valence-electron chi connectivity index (χ0n) is 64.2. The fourth-order valence-electron chi connectivity index (χ4n) is 12.6. The van der Waals surface area contributed by atoms with E-state index in [1.165, 1.54) is 25.7 Å². The van der Waals surface area contributed by atoms with Gasteiger partial charge in [-0.15, -0.1) is 0 Å². The largest absolute Gasteiger partial charge is 0.481 e. The van der Waals surface area contributed by atoms with E-state index in [1.54, 1.807) is 0 Å². The van der Waals surface area contributed by atoms with Crippen LogP contribution in [0.1, 0.15) is 139 Å². The summed E-state index contributed by atoms with van der Waals surface area (Å²) in [5.74, 6) is -3.89. The van der Waals surface area contributed by atoms with E-state index in [4.69, 9.17) is 41.2 Å². The quantitative estimate of drug-likeness (QED) is 0.0328. The topological polar surface area (TPSA) is 225 Å². The van der Waals surface area contributed by atoms with Crippen LogP contribution in [0, 0.1) is 11.8 Å². The van der Waals surface area contributed by atoms with E-state index in [1.807, 2.05) is 0 Å². The monoisotopic (exact) mass is 2080 g/mol. The van der Waals surface area contributed by atoms with Crippen LogP contribution in [-0.2, 0) is 168 Å². The number of carbonyl (C=O) groups excluding carboxylic acids is 2. The molecular formula is C61H150N2O16Si13W2Y2. The van der Waals surface area contributed by atoms with E-state index < -0.39 is 134 Å². The summed E-state index contributed by atoms with van der Waals surface area (Å²) in [6.07, 6.45) is 12.0. The molecule has 0 aromatic heterocycles. The first-order valence-corrected chi connectivity index (χ1v) is 72.4. The van der Waals surface area contributed by atoms with Crippen molar-refractivity contribution in [2.45, 2.75) is 345 Å². The predicted octanol–water partition coefficient (Wildman–Crippen LogP) is 19.1. The van der Waals surface area contributed by atoms with Crippen LogP contribution in [0.15, 0.2) is 0 Å². The van der Waals surface area contributed by atoms with Gasteiger partial charge in [-0.05, 0) is 232 Å². The summed E-state index contributed by atoms with van der Waals surface area (Å²) in [4.78, 5) is 51.8. The van der Waals surface area contributed by atoms with Crippen molar-refractivity contribution in [3.8, 4) is 0 Å². The third-order valence-electron chi connectivity index (χ3n) is 14.4. The van der Waals surface area contributed by atoms with Crippen LogP contribution in [0.25, 0.3) is 0 Å². The minimum atomic E-state index is -2.86. The van der Waals surface area contributed by atoms with Crippen LogP contribution < -0.4 is 10.6 Å². The molecule has 4 N–H and O–H groups in total. The molecule has 0 bridgehead atoms. The van der Waals surface area contributed by atoms with Gasteiger partial charge in [0, 0.05) is 132 Å². The van der Waals surface area contributed by atoms with Crippen LogP contribution in [0.4, 0.5) is 0 Å². The van der Waals surface area contributed by atoms with Gasteiger partial charge >= 0.3 is 71.9 Å². The van der Waals surface area contributed by atoms with Crippen LogP contribution in [0.2, 0.25) is 206 Å². The van der Waals surface area contributed by atoms with Gasteiger partial charge in [0.2, 0.25) is 11.8 Å². The number of aliphatic carboxylic acids is 2. The van der Waals surface area contributed by atoms with Gasteiger partial charge in [-0.3, -0.25) is 19.2 Å². The molecule has 0 fully saturated rings. The molecule has 570 valence electrons. The molecule has 0 heterocycles. The van der Waals surface area contributed by atoms with Crippen molar-refractivity contribution < 1.29 is 178 Å². The van der Waals surface area contributed by atoms with E-state index in [2.05, 4.69) is 195 Å². The molecule has 0 rings (SSSR count). The molecule has 35 heteroatoms. The van der Waals surface area contributed by atoms with Gasteiger partial charge in [-0.1, -0.05) is 100 Å². The van der Waals surface area contributed by atoms with Gasteiger partial charge in [0.1, 0.15) is 0 Å². The van der Waals surface area contributed by atoms with Crippen molar-refractivity contribution >= 4 is 134 Å². The van der Waals surface area contributed by atoms with Crippen molar-refractivity contribution in [2.75, 3.05) is 13.1 Å². The minimum absolute atomic E-state index is 0. The number of nitrogens with one attached hydrogen (secondary N) is 2. The van der Waals surface area contributed by atoms with Crippen LogP contribution in [-0.4, -0.2) is 157 Å². The Hall–Kier alpha value is 3.88. The third-order valence-corrected chi connectivity index (χ3v) is 62.4. The minimum Gasteiger partial charge on any atom is -0.481 e. The molecule has 0 saturated heterocycles. The molecular weight excluding hydrogens is 1930 g/mol. The van der Waals surface area contributed by atoms with Gasteiger partial charge in [0.25, 0.3) is 0 Å². The predicted molar refractivity (Wildman–Crippen MR) is 421 cm³/mol. The standard InChI is InChI=1S/C58H138N2O16Si13.3CH4.2W.2Y/c1-29-31-33-35-47-86(25,67-77(3,4)5)73-84(21,22)75-88(27,69-79(9,10)11)49-37-41-53(51-55(61)62)57(65)59-43-39-45-81(15,16)71-83(19,20)72-82(17,18)46-40-44-60-58(66)54(52-56(63)64)42-38-50-89(28,70-80(12,13)14)76-85(23,24)74-87(26,68-78(6,7)8)48-36-34-32-30-2;;;;;;;/h53-54H,29-52H2,1-28H3,(H,59,65)(H,60,66)(H,61,62)(H,63,64);3*1H4;;;;. The van der Waals surface area contributed by atoms with E-state index in [-0.39, 0.29) is 154 Å². The Morgan fingerprint density at radius 3 is 0.771 bits per heavy atom. The summed E-state index contributed by atoms with van der Waals surface area (Å²) < 4.78 is 69.8. The fourth-order valence-corrected chi connectivity index (χ4v) is 74.0. The molecule has 6 unspecified atom stereocenters. The summed E-state index contributed by atoms with van der Waals surface area (Å²) in [5.41, 5.74) is 0. The molecule has 96 heavy (non-hydrogen) atoms. The number of carbonyl (C=O) groups is 4. The maximum absolute atomic E-state index is 13.7. The first-order valence-electron chi connectivity index (χ1n) is 34.0. The summed E-state index contributed by atoms with van der Waals surface area (Å²) in [6, 6.07) is 4.66. The maximum Gasteiger partial charge on any atom is 0.315 e. The summed E-state index contributed by atoms with van der Waals surface area (Å²) in [5, 5.41) is 26.0. The Morgan fingerprint density at radius 1 is 0.323 bits per heavy atom. The van der Waals surface area contributed by atoms with Gasteiger partial charge in [0.05, 0.1) is 12.8 Å². The van der Waals surface area contributed by atoms with Crippen molar-refractivity contribution in [3.63, 3.8) is 0 Å². The molecule has 0 saturated carbocycles. The fraction of sp³-hybridized carbons (Fsp3) is 0.934. The normalized spacial score (nSPS) is 15.8. The molecule has 2 amide bonds. The Kier molecular flexibility index (Phi) is 61.8. The van der Waals surface area contributed by atoms with Gasteiger partial charge in [-0.2, -0.15) is 0 Å². The number of carboxylic acids is 2. The molecule has 2 radical (unpaired) electrons. The molecule has 18 nitrogen and oxygen atoms in total. The van der Waals surface area contributed by atoms with Crippen molar-refractivity contribution in [3.05, 3.63) is 0 Å². The Bertz CT molecular complexity index is 2000. The van der Waals surface area contributed by atoms with Crippen LogP contribution >= 0.6 is 0 Å². The number of amides is 2. The van der Waals surface area contributed by atoms with Crippen molar-refractivity contribution in [1.29, 1.82) is 0 Å². The van der Waals surface area contributed by atoms with Gasteiger partial charge in [0.15, 0.2) is 49.9 Å². The summed E-state index contributed by atoms with van der Waals surface area (Å²) in [7, 11) is -31.6. The second-order valence-electron chi connectivity index (χ2n) is 32.5. The van der Waals surface area contributed by atoms with Crippen LogP contribution in [0.3, 0.4) is 0 Å². The average Bonchev–Trinajstić information content (AvgIpc) is 0.826. The molecule has 0 aliphatic heterocycles. The van der Waals surface area contributed by atoms with Crippen molar-refractivity contribution in [2.24, 2.45) is 11.8 Å². The van der Waals surface area contributed by atoms with Crippen molar-refractivity contribution in [1.82, 2.24) is 10.6 Å². The number of unbranched alkanes of at least 4 members (excludes halogenated alkanes) is 6. The van der Waals surface area contributed by atoms with E-state index >= 15 is 0 Å². The molecule has 0 aromatic rings. The summed E-state index contributed by atoms with van der Waals surface area (Å²) >= 11 is 0. The van der Waals surface area contributed by atoms with E-state index in [0.29, 0.717) is 63.7 Å². The Balaban J connectivity index is -0.00000184. The van der Waals surface area contributed by atoms with Gasteiger partial charge < -0.3 is 62.0 Å². The SMILES string of the molecule is C.C.C.CCCCCC[Si](C)(O[Si](C)(C)C)O[Si](C)(C)O[Si](C)(CCCC(CC(=O)O)C(=O)NCCC[Si](C)(C)O[Si](C)(C)O[Si](C)(C)CCCNC(=O)C(CCC[Si](C)(O[Si](C)(C)C)O[Si](C)(C)O[Si](C)(CCCCCC)O[Si](C)(C)C)CC(=O)O)O[Si](C)(C)C.[W].[W].[Y].[Y]. The average molecular weight is 2080 g/mol. The zero-order chi connectivity index (χ0) is 69.4. The maximum atomic E-state index is 13.7. The molecule has 0 aliphatic carbocycles. The Morgan fingerprint density at radius 2 is 0.552 bits per heavy atom. The second kappa shape index (κ2) is 51.3. The first-order chi connectivity index (χ1) is 40.0. The first kappa shape index (κ1) is 116. The second-order valence-corrected chi connectivity index (χ2v) is 85.1. The molecule has 0 aromatic carbocycles. The van der Waals surface area contributed by atoms with E-state index in [0.717, 1.165) is 49.9 Å².